The summed E-state index contributed by atoms with van der Waals surface area (Å²) < 4.78 is 4.72. The molecule has 0 aliphatic heterocycles. The van der Waals surface area contributed by atoms with Crippen LogP contribution >= 0.6 is 11.3 Å². The van der Waals surface area contributed by atoms with E-state index < -0.39 is 0 Å². The largest absolute Gasteiger partial charge is 0.319 e. The molecule has 0 amide bonds. The van der Waals surface area contributed by atoms with Crippen molar-refractivity contribution in [3.8, 4) is 34.0 Å². The minimum Gasteiger partial charge on any atom is -0.319 e. The smallest absolute Gasteiger partial charge is 0.211 e. The molecule has 5 aromatic carbocycles. The number of hydrogen-bond acceptors (Lipinski definition) is 3. The second-order valence-electron chi connectivity index (χ2n) is 10.2. The van der Waals surface area contributed by atoms with Crippen LogP contribution in [0.25, 0.3) is 74.8 Å². The van der Waals surface area contributed by atoms with Gasteiger partial charge in [-0.25, -0.2) is 9.83 Å². The molecule has 0 bridgehead atoms. The summed E-state index contributed by atoms with van der Waals surface area (Å²) in [5.74, 6) is 0. The van der Waals surface area contributed by atoms with Crippen LogP contribution in [0.15, 0.2) is 121 Å². The van der Waals surface area contributed by atoms with E-state index in [1.165, 1.54) is 25.6 Å². The molecular weight excluding hydrogens is 533 g/mol. The summed E-state index contributed by atoms with van der Waals surface area (Å²) in [4.78, 5) is 8.46. The zero-order chi connectivity index (χ0) is 28.2. The fraction of sp³-hybridized carbons (Fsp3) is 0. The van der Waals surface area contributed by atoms with Gasteiger partial charge in [-0.3, -0.25) is 0 Å². The van der Waals surface area contributed by atoms with Crippen molar-refractivity contribution < 1.29 is 0 Å². The van der Waals surface area contributed by atoms with Crippen molar-refractivity contribution in [3.63, 3.8) is 0 Å². The zero-order valence-electron chi connectivity index (χ0n) is 22.2. The summed E-state index contributed by atoms with van der Waals surface area (Å²) >= 11 is 1.81. The Labute approximate surface area is 245 Å². The van der Waals surface area contributed by atoms with E-state index in [9.17, 15) is 5.26 Å². The third-order valence-corrected chi connectivity index (χ3v) is 9.06. The van der Waals surface area contributed by atoms with Crippen LogP contribution in [0.1, 0.15) is 5.69 Å². The van der Waals surface area contributed by atoms with Crippen LogP contribution in [-0.4, -0.2) is 9.55 Å². The maximum atomic E-state index is 9.88. The average molecular weight is 553 g/mol. The maximum Gasteiger partial charge on any atom is 0.211 e. The monoisotopic (exact) mass is 552 g/mol. The first-order valence-electron chi connectivity index (χ1n) is 13.6. The van der Waals surface area contributed by atoms with E-state index in [2.05, 4.69) is 75.1 Å². The lowest BCUT2D eigenvalue weighted by atomic mass is 9.98. The van der Waals surface area contributed by atoms with Gasteiger partial charge in [0.15, 0.2) is 0 Å². The Morgan fingerprint density at radius 3 is 2.31 bits per heavy atom. The minimum absolute atomic E-state index is 0.335. The molecule has 0 saturated carbocycles. The Bertz CT molecular complexity index is 2440. The topological polar surface area (TPSA) is 46.0 Å². The lowest BCUT2D eigenvalue weighted by molar-refractivity contribution is 1.19. The molecule has 0 unspecified atom stereocenters. The van der Waals surface area contributed by atoms with E-state index in [-0.39, 0.29) is 0 Å². The summed E-state index contributed by atoms with van der Waals surface area (Å²) in [7, 11) is 0. The lowest BCUT2D eigenvalue weighted by Crippen LogP contribution is -1.96. The first-order valence-corrected chi connectivity index (χ1v) is 14.4. The predicted octanol–water partition coefficient (Wildman–Crippen LogP) is 10.3. The highest BCUT2D eigenvalue weighted by atomic mass is 32.1. The van der Waals surface area contributed by atoms with Crippen LogP contribution in [0.3, 0.4) is 0 Å². The quantitative estimate of drug-likeness (QED) is 0.205. The van der Waals surface area contributed by atoms with Gasteiger partial charge in [0, 0.05) is 48.3 Å². The number of fused-ring (bicyclic) bond motifs is 7. The van der Waals surface area contributed by atoms with Crippen molar-refractivity contribution >= 4 is 59.0 Å². The Morgan fingerprint density at radius 2 is 1.48 bits per heavy atom. The van der Waals surface area contributed by atoms with Crippen molar-refractivity contribution in [3.05, 3.63) is 139 Å². The highest BCUT2D eigenvalue weighted by Crippen LogP contribution is 2.44. The van der Waals surface area contributed by atoms with Gasteiger partial charge in [0.1, 0.15) is 11.8 Å². The maximum absolute atomic E-state index is 9.88. The summed E-state index contributed by atoms with van der Waals surface area (Å²) in [6, 6.07) is 41.5. The molecule has 0 fully saturated rings. The second kappa shape index (κ2) is 9.42. The molecule has 4 nitrogen and oxygen atoms in total. The summed E-state index contributed by atoms with van der Waals surface area (Å²) in [6.07, 6.45) is 1.73. The van der Waals surface area contributed by atoms with Gasteiger partial charge in [-0.1, -0.05) is 72.8 Å². The van der Waals surface area contributed by atoms with E-state index in [1.54, 1.807) is 6.20 Å². The molecule has 5 heteroatoms. The number of thiophene rings is 1. The molecule has 0 saturated heterocycles. The summed E-state index contributed by atoms with van der Waals surface area (Å²) in [5, 5.41) is 14.7. The van der Waals surface area contributed by atoms with E-state index in [4.69, 9.17) is 6.57 Å². The fourth-order valence-corrected chi connectivity index (χ4v) is 7.18. The highest BCUT2D eigenvalue weighted by molar-refractivity contribution is 7.26. The Kier molecular flexibility index (Phi) is 5.40. The molecule has 8 aromatic rings. The van der Waals surface area contributed by atoms with Gasteiger partial charge in [0.2, 0.25) is 5.69 Å². The minimum atomic E-state index is 0.335. The van der Waals surface area contributed by atoms with Gasteiger partial charge in [-0.05, 0) is 53.6 Å². The van der Waals surface area contributed by atoms with Crippen LogP contribution in [0.5, 0.6) is 0 Å². The van der Waals surface area contributed by atoms with Crippen molar-refractivity contribution in [1.29, 1.82) is 5.26 Å². The van der Waals surface area contributed by atoms with E-state index in [0.717, 1.165) is 38.8 Å². The van der Waals surface area contributed by atoms with Gasteiger partial charge in [-0.2, -0.15) is 5.26 Å². The van der Waals surface area contributed by atoms with Gasteiger partial charge >= 0.3 is 0 Å². The van der Waals surface area contributed by atoms with Crippen LogP contribution in [-0.2, 0) is 0 Å². The Morgan fingerprint density at radius 1 is 0.690 bits per heavy atom. The van der Waals surface area contributed by atoms with Gasteiger partial charge < -0.3 is 4.57 Å². The second-order valence-corrected chi connectivity index (χ2v) is 11.3. The number of aromatic nitrogens is 2. The molecule has 0 aliphatic carbocycles. The predicted molar refractivity (Wildman–Crippen MR) is 173 cm³/mol. The molecule has 3 heterocycles. The van der Waals surface area contributed by atoms with Crippen molar-refractivity contribution in [2.75, 3.05) is 0 Å². The molecule has 0 atom stereocenters. The average Bonchev–Trinajstić information content (AvgIpc) is 3.60. The van der Waals surface area contributed by atoms with Gasteiger partial charge in [0.25, 0.3) is 0 Å². The number of nitriles is 1. The molecule has 0 aliphatic rings. The van der Waals surface area contributed by atoms with Crippen molar-refractivity contribution in [1.82, 2.24) is 9.55 Å². The first-order chi connectivity index (χ1) is 20.7. The van der Waals surface area contributed by atoms with Crippen LogP contribution in [0.4, 0.5) is 5.69 Å². The molecule has 0 radical (unpaired) electrons. The third kappa shape index (κ3) is 3.55. The summed E-state index contributed by atoms with van der Waals surface area (Å²) in [6.45, 7) is 8.18. The summed E-state index contributed by atoms with van der Waals surface area (Å²) in [5.41, 5.74) is 7.23. The first kappa shape index (κ1) is 24.1. The molecule has 42 heavy (non-hydrogen) atoms. The standard InChI is InChI=1S/C37H20N4S/c1-39-29-20-24(28-19-25(22-40-30(28)21-38)23-9-3-2-4-10-23)15-16-32(29)41-31-13-7-5-11-26(31)36-33(41)17-18-35-37(36)27-12-6-8-14-34(27)42-35/h2-20,22H. The number of pyridine rings is 1. The lowest BCUT2D eigenvalue weighted by Gasteiger charge is -2.13. The third-order valence-electron chi connectivity index (χ3n) is 7.93. The number of para-hydroxylation sites is 1. The zero-order valence-corrected chi connectivity index (χ0v) is 23.1. The fourth-order valence-electron chi connectivity index (χ4n) is 6.07. The molecular formula is C37H20N4S. The van der Waals surface area contributed by atoms with E-state index >= 15 is 0 Å². The van der Waals surface area contributed by atoms with Crippen molar-refractivity contribution in [2.24, 2.45) is 0 Å². The number of hydrogen-bond donors (Lipinski definition) is 0. The molecule has 0 N–H and O–H groups in total. The van der Waals surface area contributed by atoms with Crippen LogP contribution < -0.4 is 0 Å². The van der Waals surface area contributed by atoms with Gasteiger partial charge in [-0.15, -0.1) is 11.3 Å². The van der Waals surface area contributed by atoms with Crippen LogP contribution in [0.2, 0.25) is 0 Å². The van der Waals surface area contributed by atoms with E-state index in [0.29, 0.717) is 16.9 Å². The molecule has 8 rings (SSSR count). The molecule has 0 spiro atoms. The van der Waals surface area contributed by atoms with Crippen LogP contribution in [0, 0.1) is 17.9 Å². The molecule has 194 valence electrons. The SMILES string of the molecule is [C-]#[N+]c1cc(-c2cc(-c3ccccc3)cnc2C#N)ccc1-n1c2ccccc2c2c3c(ccc21)sc1ccccc13. The Hall–Kier alpha value is -5.75. The highest BCUT2D eigenvalue weighted by Gasteiger charge is 2.20. The number of benzene rings is 5. The number of nitrogens with zero attached hydrogens (tertiary/aromatic N) is 4. The Balaban J connectivity index is 1.38. The van der Waals surface area contributed by atoms with Crippen molar-refractivity contribution in [2.45, 2.75) is 0 Å². The normalized spacial score (nSPS) is 11.3. The van der Waals surface area contributed by atoms with Gasteiger partial charge in [0.05, 0.1) is 23.3 Å². The van der Waals surface area contributed by atoms with E-state index in [1.807, 2.05) is 72.0 Å². The molecule has 3 aromatic heterocycles. The number of rotatable bonds is 3.